The Morgan fingerprint density at radius 3 is 2.29 bits per heavy atom. The molecular weight excluding hydrogens is 369 g/mol. The van der Waals surface area contributed by atoms with Crippen LogP contribution in [0.3, 0.4) is 0 Å². The highest BCUT2D eigenvalue weighted by Gasteiger charge is 2.14. The molecule has 3 aromatic carbocycles. The van der Waals surface area contributed by atoms with Gasteiger partial charge in [0.1, 0.15) is 0 Å². The third-order valence-electron chi connectivity index (χ3n) is 3.54. The first kappa shape index (κ1) is 14.9. The summed E-state index contributed by atoms with van der Waals surface area (Å²) < 4.78 is 1.06. The molecular formula is C17H12BrCl2N. The molecule has 0 radical (unpaired) electrons. The average molecular weight is 381 g/mol. The fourth-order valence-electron chi connectivity index (χ4n) is 2.44. The summed E-state index contributed by atoms with van der Waals surface area (Å²) in [6.07, 6.45) is 0. The Kier molecular flexibility index (Phi) is 4.23. The molecule has 0 saturated heterocycles. The second-order valence-electron chi connectivity index (χ2n) is 4.83. The van der Waals surface area contributed by atoms with E-state index in [-0.39, 0.29) is 6.04 Å². The van der Waals surface area contributed by atoms with E-state index in [1.807, 2.05) is 36.4 Å². The molecule has 106 valence electrons. The minimum Gasteiger partial charge on any atom is -0.320 e. The topological polar surface area (TPSA) is 26.0 Å². The maximum absolute atomic E-state index is 6.43. The number of hydrogen-bond acceptors (Lipinski definition) is 1. The second kappa shape index (κ2) is 5.98. The van der Waals surface area contributed by atoms with E-state index >= 15 is 0 Å². The molecule has 1 atom stereocenters. The van der Waals surface area contributed by atoms with Crippen LogP contribution in [0.25, 0.3) is 10.8 Å². The zero-order valence-corrected chi connectivity index (χ0v) is 14.1. The van der Waals surface area contributed by atoms with Crippen LogP contribution in [0, 0.1) is 0 Å². The Morgan fingerprint density at radius 2 is 1.57 bits per heavy atom. The van der Waals surface area contributed by atoms with Gasteiger partial charge in [-0.3, -0.25) is 0 Å². The Hall–Kier alpha value is -1.06. The number of benzene rings is 3. The summed E-state index contributed by atoms with van der Waals surface area (Å²) in [7, 11) is 0. The molecule has 21 heavy (non-hydrogen) atoms. The van der Waals surface area contributed by atoms with Crippen LogP contribution in [0.4, 0.5) is 0 Å². The van der Waals surface area contributed by atoms with Gasteiger partial charge in [0.2, 0.25) is 0 Å². The predicted octanol–water partition coefficient (Wildman–Crippen LogP) is 5.96. The van der Waals surface area contributed by atoms with Crippen molar-refractivity contribution >= 4 is 49.9 Å². The first-order valence-corrected chi connectivity index (χ1v) is 8.00. The second-order valence-corrected chi connectivity index (χ2v) is 6.50. The molecule has 2 N–H and O–H groups in total. The number of rotatable bonds is 2. The highest BCUT2D eigenvalue weighted by molar-refractivity contribution is 9.10. The molecule has 0 aromatic heterocycles. The highest BCUT2D eigenvalue weighted by atomic mass is 79.9. The van der Waals surface area contributed by atoms with Crippen molar-refractivity contribution in [3.05, 3.63) is 80.2 Å². The monoisotopic (exact) mass is 379 g/mol. The lowest BCUT2D eigenvalue weighted by atomic mass is 9.94. The minimum absolute atomic E-state index is 0.252. The number of halogens is 3. The normalized spacial score (nSPS) is 12.6. The van der Waals surface area contributed by atoms with Crippen molar-refractivity contribution in [2.75, 3.05) is 0 Å². The summed E-state index contributed by atoms with van der Waals surface area (Å²) in [6, 6.07) is 17.5. The summed E-state index contributed by atoms with van der Waals surface area (Å²) in [5, 5.41) is 3.33. The molecule has 0 bridgehead atoms. The highest BCUT2D eigenvalue weighted by Crippen LogP contribution is 2.33. The predicted molar refractivity (Wildman–Crippen MR) is 94.1 cm³/mol. The third kappa shape index (κ3) is 2.82. The van der Waals surface area contributed by atoms with Crippen molar-refractivity contribution in [3.8, 4) is 0 Å². The largest absolute Gasteiger partial charge is 0.320 e. The van der Waals surface area contributed by atoms with Gasteiger partial charge in [0.15, 0.2) is 0 Å². The molecule has 4 heteroatoms. The fraction of sp³-hybridized carbons (Fsp3) is 0.0588. The maximum atomic E-state index is 6.43. The van der Waals surface area contributed by atoms with Gasteiger partial charge in [-0.05, 0) is 40.1 Å². The van der Waals surface area contributed by atoms with Gasteiger partial charge in [0.05, 0.1) is 16.1 Å². The van der Waals surface area contributed by atoms with Crippen molar-refractivity contribution in [3.63, 3.8) is 0 Å². The molecule has 1 unspecified atom stereocenters. The van der Waals surface area contributed by atoms with E-state index in [4.69, 9.17) is 28.9 Å². The van der Waals surface area contributed by atoms with Crippen molar-refractivity contribution in [2.24, 2.45) is 5.73 Å². The smallest absolute Gasteiger partial charge is 0.0595 e. The average Bonchev–Trinajstić information content (AvgIpc) is 2.50. The van der Waals surface area contributed by atoms with E-state index < -0.39 is 0 Å². The van der Waals surface area contributed by atoms with Crippen LogP contribution in [-0.2, 0) is 0 Å². The molecule has 0 aliphatic heterocycles. The standard InChI is InChI=1S/C17H12BrCl2N/c18-14-7-6-13(11-3-1-2-4-12(11)14)17(21)10-5-8-15(19)16(20)9-10/h1-9,17H,21H2. The van der Waals surface area contributed by atoms with Crippen molar-refractivity contribution in [2.45, 2.75) is 6.04 Å². The summed E-state index contributed by atoms with van der Waals surface area (Å²) in [6.45, 7) is 0. The van der Waals surface area contributed by atoms with Gasteiger partial charge < -0.3 is 5.73 Å². The summed E-state index contributed by atoms with van der Waals surface area (Å²) >= 11 is 15.6. The van der Waals surface area contributed by atoms with E-state index in [2.05, 4.69) is 28.1 Å². The van der Waals surface area contributed by atoms with Gasteiger partial charge in [-0.1, -0.05) is 75.5 Å². The maximum Gasteiger partial charge on any atom is 0.0595 e. The van der Waals surface area contributed by atoms with Crippen LogP contribution < -0.4 is 5.73 Å². The molecule has 3 aromatic rings. The first-order chi connectivity index (χ1) is 10.1. The van der Waals surface area contributed by atoms with Crippen LogP contribution in [0.15, 0.2) is 59.1 Å². The quantitative estimate of drug-likeness (QED) is 0.583. The van der Waals surface area contributed by atoms with E-state index in [1.165, 1.54) is 0 Å². The molecule has 0 saturated carbocycles. The molecule has 0 amide bonds. The molecule has 0 spiro atoms. The number of nitrogens with two attached hydrogens (primary N) is 1. The Labute approximate surface area is 141 Å². The molecule has 1 nitrogen and oxygen atoms in total. The fourth-order valence-corrected chi connectivity index (χ4v) is 3.23. The van der Waals surface area contributed by atoms with Gasteiger partial charge in [0, 0.05) is 4.47 Å². The van der Waals surface area contributed by atoms with Gasteiger partial charge >= 0.3 is 0 Å². The molecule has 3 rings (SSSR count). The Balaban J connectivity index is 2.15. The van der Waals surface area contributed by atoms with Gasteiger partial charge in [0.25, 0.3) is 0 Å². The van der Waals surface area contributed by atoms with Gasteiger partial charge in [-0.25, -0.2) is 0 Å². The number of fused-ring (bicyclic) bond motifs is 1. The summed E-state index contributed by atoms with van der Waals surface area (Å²) in [5.74, 6) is 0. The van der Waals surface area contributed by atoms with Crippen LogP contribution in [-0.4, -0.2) is 0 Å². The van der Waals surface area contributed by atoms with Gasteiger partial charge in [-0.15, -0.1) is 0 Å². The molecule has 0 heterocycles. The molecule has 0 fully saturated rings. The van der Waals surface area contributed by atoms with Crippen molar-refractivity contribution < 1.29 is 0 Å². The number of hydrogen-bond donors (Lipinski definition) is 1. The Morgan fingerprint density at radius 1 is 0.857 bits per heavy atom. The zero-order valence-electron chi connectivity index (χ0n) is 11.0. The Bertz CT molecular complexity index is 817. The summed E-state index contributed by atoms with van der Waals surface area (Å²) in [4.78, 5) is 0. The SMILES string of the molecule is NC(c1ccc(Cl)c(Cl)c1)c1ccc(Br)c2ccccc12. The summed E-state index contributed by atoms with van der Waals surface area (Å²) in [5.41, 5.74) is 8.44. The lowest BCUT2D eigenvalue weighted by molar-refractivity contribution is 0.881. The van der Waals surface area contributed by atoms with Crippen LogP contribution in [0.2, 0.25) is 10.0 Å². The lowest BCUT2D eigenvalue weighted by Gasteiger charge is -2.16. The lowest BCUT2D eigenvalue weighted by Crippen LogP contribution is -2.12. The first-order valence-electron chi connectivity index (χ1n) is 6.45. The molecule has 0 aliphatic carbocycles. The van der Waals surface area contributed by atoms with E-state index in [0.717, 1.165) is 26.4 Å². The molecule has 0 aliphatic rings. The minimum atomic E-state index is -0.252. The zero-order chi connectivity index (χ0) is 15.0. The van der Waals surface area contributed by atoms with Crippen LogP contribution >= 0.6 is 39.1 Å². The van der Waals surface area contributed by atoms with Crippen molar-refractivity contribution in [1.82, 2.24) is 0 Å². The van der Waals surface area contributed by atoms with Crippen molar-refractivity contribution in [1.29, 1.82) is 0 Å². The van der Waals surface area contributed by atoms with Crippen LogP contribution in [0.5, 0.6) is 0 Å². The van der Waals surface area contributed by atoms with E-state index in [9.17, 15) is 0 Å². The van der Waals surface area contributed by atoms with Gasteiger partial charge in [-0.2, -0.15) is 0 Å². The van der Waals surface area contributed by atoms with Crippen LogP contribution in [0.1, 0.15) is 17.2 Å². The van der Waals surface area contributed by atoms with E-state index in [0.29, 0.717) is 10.0 Å². The third-order valence-corrected chi connectivity index (χ3v) is 4.97. The van der Waals surface area contributed by atoms with E-state index in [1.54, 1.807) is 6.07 Å².